The van der Waals surface area contributed by atoms with Crippen molar-refractivity contribution in [3.63, 3.8) is 0 Å². The molecule has 0 aliphatic carbocycles. The van der Waals surface area contributed by atoms with Crippen molar-refractivity contribution in [1.29, 1.82) is 0 Å². The van der Waals surface area contributed by atoms with Gasteiger partial charge >= 0.3 is 10.2 Å². The van der Waals surface area contributed by atoms with Crippen molar-refractivity contribution in [2.75, 3.05) is 0 Å². The van der Waals surface area contributed by atoms with Crippen LogP contribution >= 0.6 is 0 Å². The van der Waals surface area contributed by atoms with Gasteiger partial charge < -0.3 is 0 Å². The summed E-state index contributed by atoms with van der Waals surface area (Å²) < 4.78 is 46.4. The van der Waals surface area contributed by atoms with Crippen LogP contribution < -0.4 is 0 Å². The van der Waals surface area contributed by atoms with E-state index in [2.05, 4.69) is 6.58 Å². The Morgan fingerprint density at radius 2 is 1.79 bits per heavy atom. The first-order chi connectivity index (χ1) is 6.45. The van der Waals surface area contributed by atoms with Gasteiger partial charge in [-0.25, -0.2) is 4.39 Å². The van der Waals surface area contributed by atoms with Gasteiger partial charge in [-0.15, -0.1) is 10.5 Å². The van der Waals surface area contributed by atoms with Crippen LogP contribution in [0.25, 0.3) is 0 Å². The third-order valence-corrected chi connectivity index (χ3v) is 2.79. The fraction of sp³-hybridized carbons (Fsp3) is 0.111. The third-order valence-electron chi connectivity index (χ3n) is 1.72. The standard InChI is InChI=1S/C9H8F2O2S/c1-2-9(14(11,12)13)7-3-5-8(10)6-4-7/h2-6,9H,1H2. The first-order valence-corrected chi connectivity index (χ1v) is 5.21. The van der Waals surface area contributed by atoms with Crippen molar-refractivity contribution in [2.45, 2.75) is 5.25 Å². The Morgan fingerprint density at radius 3 is 2.14 bits per heavy atom. The van der Waals surface area contributed by atoms with Gasteiger partial charge in [0.05, 0.1) is 0 Å². The van der Waals surface area contributed by atoms with E-state index in [0.29, 0.717) is 0 Å². The zero-order valence-corrected chi connectivity index (χ0v) is 7.97. The molecule has 0 aromatic heterocycles. The molecule has 0 amide bonds. The lowest BCUT2D eigenvalue weighted by molar-refractivity contribution is 0.545. The minimum absolute atomic E-state index is 0.156. The van der Waals surface area contributed by atoms with E-state index in [1.54, 1.807) is 0 Å². The monoisotopic (exact) mass is 218 g/mol. The summed E-state index contributed by atoms with van der Waals surface area (Å²) in [6.07, 6.45) is 0.961. The summed E-state index contributed by atoms with van der Waals surface area (Å²) in [7, 11) is -4.72. The summed E-state index contributed by atoms with van der Waals surface area (Å²) >= 11 is 0. The molecule has 0 bridgehead atoms. The number of hydrogen-bond acceptors (Lipinski definition) is 2. The lowest BCUT2D eigenvalue weighted by Gasteiger charge is -2.07. The van der Waals surface area contributed by atoms with Crippen molar-refractivity contribution < 1.29 is 16.7 Å². The van der Waals surface area contributed by atoms with Crippen LogP contribution in [0, 0.1) is 5.82 Å². The van der Waals surface area contributed by atoms with Gasteiger partial charge in [-0.3, -0.25) is 0 Å². The summed E-state index contributed by atoms with van der Waals surface area (Å²) in [4.78, 5) is 0. The van der Waals surface area contributed by atoms with Crippen LogP contribution in [0.4, 0.5) is 8.28 Å². The molecule has 0 aliphatic heterocycles. The van der Waals surface area contributed by atoms with E-state index < -0.39 is 21.3 Å². The molecule has 0 aliphatic rings. The normalized spacial score (nSPS) is 13.6. The van der Waals surface area contributed by atoms with Crippen LogP contribution in [-0.2, 0) is 10.2 Å². The Morgan fingerprint density at radius 1 is 1.29 bits per heavy atom. The van der Waals surface area contributed by atoms with Gasteiger partial charge in [0.1, 0.15) is 11.1 Å². The summed E-state index contributed by atoms with van der Waals surface area (Å²) in [6, 6.07) is 4.55. The maximum atomic E-state index is 12.6. The van der Waals surface area contributed by atoms with E-state index in [9.17, 15) is 16.7 Å². The number of benzene rings is 1. The lowest BCUT2D eigenvalue weighted by atomic mass is 10.1. The molecular weight excluding hydrogens is 210 g/mol. The highest BCUT2D eigenvalue weighted by molar-refractivity contribution is 7.86. The van der Waals surface area contributed by atoms with E-state index in [4.69, 9.17) is 0 Å². The van der Waals surface area contributed by atoms with E-state index >= 15 is 0 Å². The molecule has 0 fully saturated rings. The zero-order chi connectivity index (χ0) is 10.8. The second-order valence-electron chi connectivity index (χ2n) is 2.68. The minimum atomic E-state index is -4.72. The van der Waals surface area contributed by atoms with Crippen molar-refractivity contribution >= 4 is 10.2 Å². The van der Waals surface area contributed by atoms with Gasteiger partial charge in [0, 0.05) is 0 Å². The molecular formula is C9H8F2O2S. The smallest absolute Gasteiger partial charge is 0.207 e. The lowest BCUT2D eigenvalue weighted by Crippen LogP contribution is -2.04. The molecule has 0 spiro atoms. The topological polar surface area (TPSA) is 34.1 Å². The third kappa shape index (κ3) is 2.38. The molecule has 76 valence electrons. The maximum Gasteiger partial charge on any atom is 0.313 e. The largest absolute Gasteiger partial charge is 0.313 e. The molecule has 5 heteroatoms. The highest BCUT2D eigenvalue weighted by Gasteiger charge is 2.23. The Bertz CT molecular complexity index is 423. The average molecular weight is 218 g/mol. The van der Waals surface area contributed by atoms with E-state index in [1.807, 2.05) is 0 Å². The second-order valence-corrected chi connectivity index (χ2v) is 4.14. The van der Waals surface area contributed by atoms with Crippen molar-refractivity contribution in [3.05, 3.63) is 48.3 Å². The summed E-state index contributed by atoms with van der Waals surface area (Å²) in [5.41, 5.74) is 0.156. The van der Waals surface area contributed by atoms with Crippen LogP contribution in [0.3, 0.4) is 0 Å². The van der Waals surface area contributed by atoms with Crippen LogP contribution in [0.2, 0.25) is 0 Å². The Hall–Kier alpha value is -1.23. The van der Waals surface area contributed by atoms with Crippen molar-refractivity contribution in [3.8, 4) is 0 Å². The number of halogens is 2. The van der Waals surface area contributed by atoms with Crippen molar-refractivity contribution in [1.82, 2.24) is 0 Å². The molecule has 1 rings (SSSR count). The van der Waals surface area contributed by atoms with Gasteiger partial charge in [-0.2, -0.15) is 8.42 Å². The summed E-state index contributed by atoms with van der Waals surface area (Å²) in [5.74, 6) is -0.507. The number of rotatable bonds is 3. The zero-order valence-electron chi connectivity index (χ0n) is 7.15. The van der Waals surface area contributed by atoms with E-state index in [0.717, 1.165) is 18.2 Å². The van der Waals surface area contributed by atoms with Gasteiger partial charge in [0.2, 0.25) is 0 Å². The van der Waals surface area contributed by atoms with Crippen LogP contribution in [-0.4, -0.2) is 8.42 Å². The fourth-order valence-electron chi connectivity index (χ4n) is 1.07. The summed E-state index contributed by atoms with van der Waals surface area (Å²) in [5, 5.41) is -1.43. The molecule has 1 aromatic rings. The van der Waals surface area contributed by atoms with Crippen molar-refractivity contribution in [2.24, 2.45) is 0 Å². The van der Waals surface area contributed by atoms with Gasteiger partial charge in [0.25, 0.3) is 0 Å². The Kier molecular flexibility index (Phi) is 3.00. The first kappa shape index (κ1) is 10.8. The molecule has 14 heavy (non-hydrogen) atoms. The Balaban J connectivity index is 3.15. The predicted octanol–water partition coefficient (Wildman–Crippen LogP) is 2.35. The Labute approximate surface area is 81.1 Å². The number of hydrogen-bond donors (Lipinski definition) is 0. The summed E-state index contributed by atoms with van der Waals surface area (Å²) in [6.45, 7) is 3.21. The molecule has 0 heterocycles. The van der Waals surface area contributed by atoms with Gasteiger partial charge in [0.15, 0.2) is 0 Å². The molecule has 0 saturated carbocycles. The molecule has 1 atom stereocenters. The van der Waals surface area contributed by atoms with Gasteiger partial charge in [-0.1, -0.05) is 18.2 Å². The quantitative estimate of drug-likeness (QED) is 0.576. The fourth-order valence-corrected chi connectivity index (χ4v) is 1.78. The molecule has 1 aromatic carbocycles. The van der Waals surface area contributed by atoms with Crippen LogP contribution in [0.5, 0.6) is 0 Å². The van der Waals surface area contributed by atoms with Crippen LogP contribution in [0.15, 0.2) is 36.9 Å². The SMILES string of the molecule is C=CC(c1ccc(F)cc1)S(=O)(=O)F. The molecule has 0 radical (unpaired) electrons. The van der Waals surface area contributed by atoms with E-state index in [1.165, 1.54) is 12.1 Å². The highest BCUT2D eigenvalue weighted by atomic mass is 32.3. The molecule has 2 nitrogen and oxygen atoms in total. The highest BCUT2D eigenvalue weighted by Crippen LogP contribution is 2.24. The predicted molar refractivity (Wildman–Crippen MR) is 49.4 cm³/mol. The van der Waals surface area contributed by atoms with Gasteiger partial charge in [-0.05, 0) is 17.7 Å². The van der Waals surface area contributed by atoms with Crippen LogP contribution in [0.1, 0.15) is 10.8 Å². The maximum absolute atomic E-state index is 12.6. The average Bonchev–Trinajstić information content (AvgIpc) is 2.07. The van der Waals surface area contributed by atoms with E-state index in [-0.39, 0.29) is 5.56 Å². The first-order valence-electron chi connectivity index (χ1n) is 3.76. The molecule has 1 unspecified atom stereocenters. The minimum Gasteiger partial charge on any atom is -0.207 e. The second kappa shape index (κ2) is 3.88. The molecule has 0 N–H and O–H groups in total. The molecule has 0 saturated heterocycles.